The topological polar surface area (TPSA) is 62.2 Å². The van der Waals surface area contributed by atoms with Crippen LogP contribution in [0, 0.1) is 5.41 Å². The number of pyridine rings is 1. The number of nitrogens with one attached hydrogen (secondary N) is 1. The summed E-state index contributed by atoms with van der Waals surface area (Å²) in [6, 6.07) is 9.37. The predicted octanol–water partition coefficient (Wildman–Crippen LogP) is 3.78. The van der Waals surface area contributed by atoms with Crippen molar-refractivity contribution in [3.8, 4) is 0 Å². The van der Waals surface area contributed by atoms with Crippen LogP contribution in [0.3, 0.4) is 0 Å². The molecule has 1 atom stereocenters. The van der Waals surface area contributed by atoms with Gasteiger partial charge in [0.2, 0.25) is 0 Å². The first-order chi connectivity index (χ1) is 9.29. The number of para-hydroxylation sites is 1. The van der Waals surface area contributed by atoms with Crippen molar-refractivity contribution >= 4 is 22.6 Å². The van der Waals surface area contributed by atoms with Crippen molar-refractivity contribution < 1.29 is 9.90 Å². The number of aromatic carboxylic acids is 1. The smallest absolute Gasteiger partial charge is 0.354 e. The fourth-order valence-corrected chi connectivity index (χ4v) is 1.85. The summed E-state index contributed by atoms with van der Waals surface area (Å²) in [4.78, 5) is 15.4. The summed E-state index contributed by atoms with van der Waals surface area (Å²) < 4.78 is 0. The molecule has 0 bridgehead atoms. The van der Waals surface area contributed by atoms with Crippen LogP contribution in [0.5, 0.6) is 0 Å². The Morgan fingerprint density at radius 1 is 1.30 bits per heavy atom. The summed E-state index contributed by atoms with van der Waals surface area (Å²) in [5.41, 5.74) is 1.65. The Bertz CT molecular complexity index is 644. The van der Waals surface area contributed by atoms with E-state index in [4.69, 9.17) is 0 Å². The van der Waals surface area contributed by atoms with Crippen LogP contribution < -0.4 is 5.32 Å². The van der Waals surface area contributed by atoms with Crippen LogP contribution in [0.4, 0.5) is 5.69 Å². The third-order valence-electron chi connectivity index (χ3n) is 3.61. The van der Waals surface area contributed by atoms with Crippen LogP contribution in [-0.2, 0) is 0 Å². The van der Waals surface area contributed by atoms with Crippen molar-refractivity contribution in [2.75, 3.05) is 5.32 Å². The molecule has 2 N–H and O–H groups in total. The van der Waals surface area contributed by atoms with Gasteiger partial charge in [-0.1, -0.05) is 39.0 Å². The molecule has 0 fully saturated rings. The molecule has 0 aliphatic carbocycles. The Kier molecular flexibility index (Phi) is 3.66. The molecule has 4 heteroatoms. The number of anilines is 1. The van der Waals surface area contributed by atoms with Gasteiger partial charge in [0.1, 0.15) is 0 Å². The summed E-state index contributed by atoms with van der Waals surface area (Å²) in [7, 11) is 0. The highest BCUT2D eigenvalue weighted by Crippen LogP contribution is 2.28. The van der Waals surface area contributed by atoms with Gasteiger partial charge < -0.3 is 10.4 Å². The second-order valence-corrected chi connectivity index (χ2v) is 6.11. The number of rotatable bonds is 3. The number of fused-ring (bicyclic) bond motifs is 1. The van der Waals surface area contributed by atoms with Gasteiger partial charge in [-0.25, -0.2) is 9.78 Å². The molecule has 4 nitrogen and oxygen atoms in total. The van der Waals surface area contributed by atoms with Gasteiger partial charge >= 0.3 is 5.97 Å². The van der Waals surface area contributed by atoms with Crippen LogP contribution in [-0.4, -0.2) is 22.1 Å². The maximum Gasteiger partial charge on any atom is 0.354 e. The quantitative estimate of drug-likeness (QED) is 0.892. The highest BCUT2D eigenvalue weighted by molar-refractivity contribution is 5.97. The second-order valence-electron chi connectivity index (χ2n) is 6.11. The maximum atomic E-state index is 11.2. The molecule has 1 unspecified atom stereocenters. The number of hydrogen-bond acceptors (Lipinski definition) is 3. The molecule has 0 amide bonds. The lowest BCUT2D eigenvalue weighted by Gasteiger charge is -2.29. The van der Waals surface area contributed by atoms with Crippen LogP contribution in [0.25, 0.3) is 10.9 Å². The normalized spacial score (nSPS) is 13.2. The first kappa shape index (κ1) is 14.3. The first-order valence-electron chi connectivity index (χ1n) is 6.68. The van der Waals surface area contributed by atoms with Crippen molar-refractivity contribution in [2.24, 2.45) is 5.41 Å². The van der Waals surface area contributed by atoms with E-state index in [0.717, 1.165) is 11.1 Å². The lowest BCUT2D eigenvalue weighted by molar-refractivity contribution is 0.0691. The summed E-state index contributed by atoms with van der Waals surface area (Å²) in [5, 5.41) is 13.5. The highest BCUT2D eigenvalue weighted by Gasteiger charge is 2.21. The zero-order valence-corrected chi connectivity index (χ0v) is 12.3. The molecular weight excluding hydrogens is 252 g/mol. The van der Waals surface area contributed by atoms with Crippen molar-refractivity contribution in [3.63, 3.8) is 0 Å². The van der Waals surface area contributed by atoms with Crippen LogP contribution in [0.1, 0.15) is 38.2 Å². The molecule has 106 valence electrons. The lowest BCUT2D eigenvalue weighted by atomic mass is 9.88. The number of carboxylic acids is 1. The summed E-state index contributed by atoms with van der Waals surface area (Å²) >= 11 is 0. The Morgan fingerprint density at radius 3 is 2.55 bits per heavy atom. The molecule has 2 rings (SSSR count). The van der Waals surface area contributed by atoms with E-state index in [1.807, 2.05) is 24.3 Å². The number of nitrogens with zero attached hydrogens (tertiary/aromatic N) is 1. The Hall–Kier alpha value is -2.10. The van der Waals surface area contributed by atoms with Crippen molar-refractivity contribution in [1.82, 2.24) is 4.98 Å². The molecule has 2 aromatic rings. The molecule has 0 aliphatic rings. The molecule has 1 heterocycles. The largest absolute Gasteiger partial charge is 0.477 e. The molecule has 0 spiro atoms. The molecule has 20 heavy (non-hydrogen) atoms. The van der Waals surface area contributed by atoms with E-state index < -0.39 is 5.97 Å². The average Bonchev–Trinajstić information content (AvgIpc) is 2.37. The van der Waals surface area contributed by atoms with E-state index in [2.05, 4.69) is 38.0 Å². The van der Waals surface area contributed by atoms with Gasteiger partial charge in [0.15, 0.2) is 5.69 Å². The minimum Gasteiger partial charge on any atom is -0.477 e. The fourth-order valence-electron chi connectivity index (χ4n) is 1.85. The van der Waals surface area contributed by atoms with Crippen molar-refractivity contribution in [2.45, 2.75) is 33.7 Å². The molecular formula is C16H20N2O2. The number of benzene rings is 1. The molecule has 0 radical (unpaired) electrons. The van der Waals surface area contributed by atoms with Gasteiger partial charge in [0.25, 0.3) is 0 Å². The summed E-state index contributed by atoms with van der Waals surface area (Å²) in [5.74, 6) is -1.01. The number of carbonyl (C=O) groups is 1. The summed E-state index contributed by atoms with van der Waals surface area (Å²) in [6.07, 6.45) is 0. The van der Waals surface area contributed by atoms with Gasteiger partial charge in [-0.3, -0.25) is 0 Å². The summed E-state index contributed by atoms with van der Waals surface area (Å²) in [6.45, 7) is 8.53. The zero-order chi connectivity index (χ0) is 14.9. The van der Waals surface area contributed by atoms with Gasteiger partial charge in [-0.05, 0) is 24.5 Å². The van der Waals surface area contributed by atoms with Crippen molar-refractivity contribution in [3.05, 3.63) is 36.0 Å². The number of carboxylic acid groups (broad SMARTS) is 1. The van der Waals surface area contributed by atoms with Crippen LogP contribution in [0.15, 0.2) is 30.3 Å². The van der Waals surface area contributed by atoms with Gasteiger partial charge in [-0.2, -0.15) is 0 Å². The fraction of sp³-hybridized carbons (Fsp3) is 0.375. The minimum atomic E-state index is -1.01. The van der Waals surface area contributed by atoms with Crippen molar-refractivity contribution in [1.29, 1.82) is 0 Å². The minimum absolute atomic E-state index is 0.0623. The third kappa shape index (κ3) is 2.90. The van der Waals surface area contributed by atoms with E-state index in [9.17, 15) is 9.90 Å². The van der Waals surface area contributed by atoms with E-state index in [-0.39, 0.29) is 17.2 Å². The second kappa shape index (κ2) is 5.12. The van der Waals surface area contributed by atoms with E-state index in [1.165, 1.54) is 0 Å². The lowest BCUT2D eigenvalue weighted by Crippen LogP contribution is -2.31. The predicted molar refractivity (Wildman–Crippen MR) is 81.2 cm³/mol. The SMILES string of the molecule is CC(Nc1cc(C(=O)O)nc2ccccc12)C(C)(C)C. The monoisotopic (exact) mass is 272 g/mol. The Balaban J connectivity index is 2.53. The van der Waals surface area contributed by atoms with Gasteiger partial charge in [0.05, 0.1) is 5.52 Å². The molecule has 1 aromatic carbocycles. The van der Waals surface area contributed by atoms with Gasteiger partial charge in [0, 0.05) is 17.1 Å². The Morgan fingerprint density at radius 2 is 1.95 bits per heavy atom. The number of hydrogen-bond donors (Lipinski definition) is 2. The molecule has 1 aromatic heterocycles. The zero-order valence-electron chi connectivity index (χ0n) is 12.3. The van der Waals surface area contributed by atoms with E-state index >= 15 is 0 Å². The third-order valence-corrected chi connectivity index (χ3v) is 3.61. The van der Waals surface area contributed by atoms with Gasteiger partial charge in [-0.15, -0.1) is 0 Å². The highest BCUT2D eigenvalue weighted by atomic mass is 16.4. The molecule has 0 saturated heterocycles. The van der Waals surface area contributed by atoms with E-state index in [1.54, 1.807) is 6.07 Å². The first-order valence-corrected chi connectivity index (χ1v) is 6.68. The maximum absolute atomic E-state index is 11.2. The molecule has 0 saturated carbocycles. The van der Waals surface area contributed by atoms with Crippen LogP contribution in [0.2, 0.25) is 0 Å². The number of aromatic nitrogens is 1. The standard InChI is InChI=1S/C16H20N2O2/c1-10(16(2,3)4)17-13-9-14(15(19)20)18-12-8-6-5-7-11(12)13/h5-10H,1-4H3,(H,17,18)(H,19,20). The van der Waals surface area contributed by atoms with E-state index in [0.29, 0.717) is 5.52 Å². The Labute approximate surface area is 118 Å². The molecule has 0 aliphatic heterocycles. The average molecular weight is 272 g/mol. The van der Waals surface area contributed by atoms with Crippen LogP contribution >= 0.6 is 0 Å².